The van der Waals surface area contributed by atoms with Crippen molar-refractivity contribution in [3.05, 3.63) is 105 Å². The van der Waals surface area contributed by atoms with Crippen LogP contribution >= 0.6 is 23.2 Å². The van der Waals surface area contributed by atoms with E-state index in [1.807, 2.05) is 0 Å². The summed E-state index contributed by atoms with van der Waals surface area (Å²) in [6.07, 6.45) is 0.651. The van der Waals surface area contributed by atoms with E-state index in [1.165, 1.54) is 6.20 Å². The number of rotatable bonds is 7. The number of H-pyrrole nitrogens is 2. The van der Waals surface area contributed by atoms with Crippen LogP contribution in [0.5, 0.6) is 0 Å². The molecule has 38 heavy (non-hydrogen) atoms. The highest BCUT2D eigenvalue weighted by Crippen LogP contribution is 2.29. The summed E-state index contributed by atoms with van der Waals surface area (Å²) in [5.41, 5.74) is 2.98. The molecular formula is C27H22Cl2N6O3. The van der Waals surface area contributed by atoms with Gasteiger partial charge in [0.05, 0.1) is 33.7 Å². The molecule has 11 heteroatoms. The third-order valence-corrected chi connectivity index (χ3v) is 6.36. The number of nitrogens with one attached hydrogen (secondary N) is 5. The molecule has 0 spiro atoms. The fourth-order valence-electron chi connectivity index (χ4n) is 3.99. The fraction of sp³-hybridized carbons (Fsp3) is 0.0741. The van der Waals surface area contributed by atoms with Crippen LogP contribution in [0.3, 0.4) is 0 Å². The number of aromatic amines is 2. The molecule has 3 aromatic carbocycles. The number of carbonyl (C=O) groups is 1. The van der Waals surface area contributed by atoms with Gasteiger partial charge >= 0.3 is 6.03 Å². The lowest BCUT2D eigenvalue weighted by Crippen LogP contribution is -2.19. The van der Waals surface area contributed by atoms with Crippen molar-refractivity contribution in [2.45, 2.75) is 6.10 Å². The van der Waals surface area contributed by atoms with Crippen LogP contribution in [0.2, 0.25) is 10.0 Å². The molecule has 2 aromatic heterocycles. The lowest BCUT2D eigenvalue weighted by Gasteiger charge is -2.15. The van der Waals surface area contributed by atoms with Crippen molar-refractivity contribution >= 4 is 57.3 Å². The van der Waals surface area contributed by atoms with Gasteiger partial charge in [-0.05, 0) is 48.0 Å². The van der Waals surface area contributed by atoms with E-state index < -0.39 is 12.1 Å². The number of amides is 2. The van der Waals surface area contributed by atoms with Gasteiger partial charge in [0.25, 0.3) is 5.56 Å². The Balaban J connectivity index is 1.40. The van der Waals surface area contributed by atoms with Crippen LogP contribution < -0.4 is 21.5 Å². The second-order valence-corrected chi connectivity index (χ2v) is 9.24. The molecular weight excluding hydrogens is 527 g/mol. The van der Waals surface area contributed by atoms with Crippen LogP contribution in [0.1, 0.15) is 11.7 Å². The van der Waals surface area contributed by atoms with E-state index in [2.05, 4.69) is 30.9 Å². The topological polar surface area (TPSA) is 135 Å². The molecule has 0 saturated heterocycles. The number of aliphatic hydroxyl groups excluding tert-OH is 1. The Morgan fingerprint density at radius 2 is 1.71 bits per heavy atom. The summed E-state index contributed by atoms with van der Waals surface area (Å²) in [5.74, 6) is 0.294. The third-order valence-electron chi connectivity index (χ3n) is 5.80. The van der Waals surface area contributed by atoms with Crippen LogP contribution in [-0.2, 0) is 0 Å². The minimum atomic E-state index is -0.857. The molecule has 5 aromatic rings. The molecule has 6 N–H and O–H groups in total. The number of hydrogen-bond acceptors (Lipinski definition) is 5. The first-order valence-corrected chi connectivity index (χ1v) is 12.4. The van der Waals surface area contributed by atoms with E-state index in [-0.39, 0.29) is 17.7 Å². The van der Waals surface area contributed by atoms with E-state index in [0.717, 1.165) is 0 Å². The standard InChI is InChI=1S/C27H22Cl2N6O3/c28-16-6-3-5-15(13-16)22(36)14-31-19-11-12-30-26(37)23(19)25-32-20-9-4-10-21(24(20)35-25)34-27(38)33-18-8-2-1-7-17(18)29/h1-13,22,36H,14H2,(H,32,35)(H2,30,31,37)(H2,33,34,38)/t22-/m1/s1. The molecule has 2 amide bonds. The van der Waals surface area contributed by atoms with Gasteiger partial charge in [0.15, 0.2) is 0 Å². The number of fused-ring (bicyclic) bond motifs is 1. The predicted octanol–water partition coefficient (Wildman–Crippen LogP) is 6.01. The van der Waals surface area contributed by atoms with E-state index in [0.29, 0.717) is 49.5 Å². The highest BCUT2D eigenvalue weighted by molar-refractivity contribution is 6.33. The Morgan fingerprint density at radius 1 is 0.947 bits per heavy atom. The third kappa shape index (κ3) is 5.50. The maximum Gasteiger partial charge on any atom is 0.323 e. The minimum absolute atomic E-state index is 0.131. The largest absolute Gasteiger partial charge is 0.387 e. The van der Waals surface area contributed by atoms with Crippen molar-refractivity contribution in [1.29, 1.82) is 0 Å². The monoisotopic (exact) mass is 548 g/mol. The summed E-state index contributed by atoms with van der Waals surface area (Å²) in [6.45, 7) is 0.131. The first-order chi connectivity index (χ1) is 18.4. The molecule has 0 aliphatic carbocycles. The van der Waals surface area contributed by atoms with Crippen LogP contribution in [0.15, 0.2) is 83.8 Å². The van der Waals surface area contributed by atoms with Crippen LogP contribution in [0.25, 0.3) is 22.4 Å². The number of aromatic nitrogens is 3. The number of urea groups is 1. The quantitative estimate of drug-likeness (QED) is 0.148. The normalized spacial score (nSPS) is 11.8. The summed E-state index contributed by atoms with van der Waals surface area (Å²) in [4.78, 5) is 35.9. The maximum absolute atomic E-state index is 12.8. The molecule has 1 atom stereocenters. The van der Waals surface area contributed by atoms with Crippen molar-refractivity contribution in [3.63, 3.8) is 0 Å². The fourth-order valence-corrected chi connectivity index (χ4v) is 4.37. The number of pyridine rings is 1. The molecule has 0 aliphatic rings. The van der Waals surface area contributed by atoms with Crippen molar-refractivity contribution in [3.8, 4) is 11.4 Å². The Morgan fingerprint density at radius 3 is 2.53 bits per heavy atom. The highest BCUT2D eigenvalue weighted by atomic mass is 35.5. The molecule has 0 unspecified atom stereocenters. The van der Waals surface area contributed by atoms with Crippen molar-refractivity contribution in [2.24, 2.45) is 0 Å². The number of imidazole rings is 1. The molecule has 0 aliphatic heterocycles. The molecule has 192 valence electrons. The maximum atomic E-state index is 12.8. The lowest BCUT2D eigenvalue weighted by molar-refractivity contribution is 0.191. The Kier molecular flexibility index (Phi) is 7.32. The molecule has 9 nitrogen and oxygen atoms in total. The number of aliphatic hydroxyl groups is 1. The summed E-state index contributed by atoms with van der Waals surface area (Å²) in [7, 11) is 0. The average Bonchev–Trinajstić information content (AvgIpc) is 3.33. The average molecular weight is 549 g/mol. The summed E-state index contributed by atoms with van der Waals surface area (Å²) >= 11 is 12.2. The SMILES string of the molecule is O=C(Nc1ccccc1Cl)Nc1cccc2[nH]c(-c3c(NC[C@@H](O)c4cccc(Cl)c4)cc[nH]c3=O)nc12. The van der Waals surface area contributed by atoms with E-state index in [1.54, 1.807) is 72.8 Å². The van der Waals surface area contributed by atoms with Crippen LogP contribution in [0.4, 0.5) is 21.9 Å². The second kappa shape index (κ2) is 11.0. The molecule has 0 bridgehead atoms. The summed E-state index contributed by atoms with van der Waals surface area (Å²) in [5, 5.41) is 20.2. The number of halogens is 2. The zero-order chi connectivity index (χ0) is 26.6. The van der Waals surface area contributed by atoms with Gasteiger partial charge in [-0.15, -0.1) is 0 Å². The van der Waals surface area contributed by atoms with Gasteiger partial charge in [-0.25, -0.2) is 9.78 Å². The smallest absolute Gasteiger partial charge is 0.323 e. The minimum Gasteiger partial charge on any atom is -0.387 e. The summed E-state index contributed by atoms with van der Waals surface area (Å²) < 4.78 is 0. The zero-order valence-electron chi connectivity index (χ0n) is 19.8. The molecule has 0 radical (unpaired) electrons. The van der Waals surface area contributed by atoms with Crippen molar-refractivity contribution < 1.29 is 9.90 Å². The Hall–Kier alpha value is -4.31. The molecule has 5 rings (SSSR count). The first-order valence-electron chi connectivity index (χ1n) is 11.6. The number of nitrogens with zero attached hydrogens (tertiary/aromatic N) is 1. The van der Waals surface area contributed by atoms with Gasteiger partial charge in [-0.2, -0.15) is 0 Å². The Labute approximate surface area is 226 Å². The first kappa shape index (κ1) is 25.3. The van der Waals surface area contributed by atoms with Gasteiger partial charge in [0.1, 0.15) is 16.9 Å². The predicted molar refractivity (Wildman–Crippen MR) is 151 cm³/mol. The van der Waals surface area contributed by atoms with Crippen molar-refractivity contribution in [1.82, 2.24) is 15.0 Å². The summed E-state index contributed by atoms with van der Waals surface area (Å²) in [6, 6.07) is 20.3. The number of para-hydroxylation sites is 2. The second-order valence-electron chi connectivity index (χ2n) is 8.39. The molecule has 0 saturated carbocycles. The number of carbonyl (C=O) groups excluding carboxylic acids is 1. The Bertz CT molecular complexity index is 1680. The highest BCUT2D eigenvalue weighted by Gasteiger charge is 2.18. The molecule has 0 fully saturated rings. The van der Waals surface area contributed by atoms with Gasteiger partial charge in [0.2, 0.25) is 0 Å². The zero-order valence-corrected chi connectivity index (χ0v) is 21.3. The van der Waals surface area contributed by atoms with Gasteiger partial charge in [0, 0.05) is 17.8 Å². The van der Waals surface area contributed by atoms with Gasteiger partial charge in [-0.3, -0.25) is 4.79 Å². The number of benzene rings is 3. The van der Waals surface area contributed by atoms with E-state index in [9.17, 15) is 14.7 Å². The van der Waals surface area contributed by atoms with Crippen LogP contribution in [0, 0.1) is 0 Å². The van der Waals surface area contributed by atoms with Gasteiger partial charge < -0.3 is 31.0 Å². The van der Waals surface area contributed by atoms with Crippen molar-refractivity contribution in [2.75, 3.05) is 22.5 Å². The number of hydrogen-bond donors (Lipinski definition) is 6. The molecule has 2 heterocycles. The number of anilines is 3. The lowest BCUT2D eigenvalue weighted by atomic mass is 10.1. The van der Waals surface area contributed by atoms with Gasteiger partial charge in [-0.1, -0.05) is 53.5 Å². The van der Waals surface area contributed by atoms with E-state index in [4.69, 9.17) is 23.2 Å². The van der Waals surface area contributed by atoms with E-state index >= 15 is 0 Å². The van der Waals surface area contributed by atoms with Crippen LogP contribution in [-0.4, -0.2) is 32.6 Å².